The monoisotopic (exact) mass is 224 g/mol. The Bertz CT molecular complexity index is 344. The third kappa shape index (κ3) is 2.40. The molecule has 88 valence electrons. The molecule has 0 aromatic carbocycles. The summed E-state index contributed by atoms with van der Waals surface area (Å²) in [5.41, 5.74) is 6.11. The molecular weight excluding hydrogens is 208 g/mol. The molecular formula is C10H16N4O2. The van der Waals surface area contributed by atoms with E-state index in [9.17, 15) is 4.79 Å². The maximum absolute atomic E-state index is 11.9. The number of carbonyl (C=O) groups excluding carboxylic acids is 1. The molecule has 1 amide bonds. The summed E-state index contributed by atoms with van der Waals surface area (Å²) in [6.07, 6.45) is 4.39. The molecule has 0 radical (unpaired) electrons. The van der Waals surface area contributed by atoms with Crippen LogP contribution >= 0.6 is 0 Å². The number of amides is 1. The Kier molecular flexibility index (Phi) is 3.21. The Labute approximate surface area is 93.6 Å². The van der Waals surface area contributed by atoms with Crippen LogP contribution in [0.4, 0.5) is 0 Å². The van der Waals surface area contributed by atoms with Gasteiger partial charge in [-0.05, 0) is 12.8 Å². The number of hydrogen-bond acceptors (Lipinski definition) is 4. The second-order valence-electron chi connectivity index (χ2n) is 4.03. The van der Waals surface area contributed by atoms with Crippen molar-refractivity contribution in [1.29, 1.82) is 0 Å². The minimum atomic E-state index is -0.779. The Hall–Kier alpha value is -1.40. The first kappa shape index (κ1) is 11.1. The number of aromatic nitrogens is 2. The molecule has 0 saturated carbocycles. The van der Waals surface area contributed by atoms with Gasteiger partial charge in [0.15, 0.2) is 0 Å². The highest BCUT2D eigenvalue weighted by atomic mass is 16.5. The molecule has 0 aliphatic carbocycles. The van der Waals surface area contributed by atoms with E-state index in [2.05, 4.69) is 15.3 Å². The standard InChI is InChI=1S/C10H16N4O2/c11-10(1-3-16-4-2-10)9(15)13-6-8-5-12-7-14-8/h5,7H,1-4,6,11H2,(H,12,14)(H,13,15). The molecule has 16 heavy (non-hydrogen) atoms. The van der Waals surface area contributed by atoms with Crippen LogP contribution in [-0.2, 0) is 16.1 Å². The van der Waals surface area contributed by atoms with E-state index in [0.717, 1.165) is 5.69 Å². The van der Waals surface area contributed by atoms with Crippen LogP contribution in [0.5, 0.6) is 0 Å². The van der Waals surface area contributed by atoms with Crippen LogP contribution in [0, 0.1) is 0 Å². The summed E-state index contributed by atoms with van der Waals surface area (Å²) < 4.78 is 5.19. The fourth-order valence-electron chi connectivity index (χ4n) is 1.70. The van der Waals surface area contributed by atoms with Crippen molar-refractivity contribution >= 4 is 5.91 Å². The Morgan fingerprint density at radius 2 is 2.38 bits per heavy atom. The predicted molar refractivity (Wildman–Crippen MR) is 57.4 cm³/mol. The van der Waals surface area contributed by atoms with E-state index in [1.807, 2.05) is 0 Å². The average Bonchev–Trinajstić information content (AvgIpc) is 2.79. The van der Waals surface area contributed by atoms with E-state index in [0.29, 0.717) is 32.6 Å². The molecule has 1 aromatic rings. The van der Waals surface area contributed by atoms with Crippen LogP contribution in [-0.4, -0.2) is 34.6 Å². The zero-order chi connectivity index (χ0) is 11.4. The molecule has 2 heterocycles. The van der Waals surface area contributed by atoms with Crippen molar-refractivity contribution < 1.29 is 9.53 Å². The predicted octanol–water partition coefficient (Wildman–Crippen LogP) is -0.466. The van der Waals surface area contributed by atoms with E-state index in [1.54, 1.807) is 12.5 Å². The number of ether oxygens (including phenoxy) is 1. The maximum atomic E-state index is 11.9. The zero-order valence-electron chi connectivity index (χ0n) is 9.03. The molecule has 0 atom stereocenters. The summed E-state index contributed by atoms with van der Waals surface area (Å²) in [7, 11) is 0. The summed E-state index contributed by atoms with van der Waals surface area (Å²) in [6, 6.07) is 0. The van der Waals surface area contributed by atoms with Gasteiger partial charge in [0.05, 0.1) is 24.1 Å². The lowest BCUT2D eigenvalue weighted by Crippen LogP contribution is -2.56. The minimum Gasteiger partial charge on any atom is -0.381 e. The molecule has 1 saturated heterocycles. The number of nitrogens with zero attached hydrogens (tertiary/aromatic N) is 1. The quantitative estimate of drug-likeness (QED) is 0.647. The number of imidazole rings is 1. The number of nitrogens with two attached hydrogens (primary N) is 1. The summed E-state index contributed by atoms with van der Waals surface area (Å²) in [5, 5.41) is 2.80. The van der Waals surface area contributed by atoms with Crippen LogP contribution in [0.25, 0.3) is 0 Å². The summed E-state index contributed by atoms with van der Waals surface area (Å²) >= 11 is 0. The smallest absolute Gasteiger partial charge is 0.240 e. The molecule has 1 aliphatic heterocycles. The lowest BCUT2D eigenvalue weighted by molar-refractivity contribution is -0.129. The fourth-order valence-corrected chi connectivity index (χ4v) is 1.70. The van der Waals surface area contributed by atoms with E-state index in [1.165, 1.54) is 0 Å². The van der Waals surface area contributed by atoms with Crippen molar-refractivity contribution in [2.75, 3.05) is 13.2 Å². The van der Waals surface area contributed by atoms with Crippen molar-refractivity contribution in [2.24, 2.45) is 5.73 Å². The highest BCUT2D eigenvalue weighted by Crippen LogP contribution is 2.17. The summed E-state index contributed by atoms with van der Waals surface area (Å²) in [6.45, 7) is 1.53. The third-order valence-corrected chi connectivity index (χ3v) is 2.83. The van der Waals surface area contributed by atoms with Gasteiger partial charge in [0.25, 0.3) is 0 Å². The molecule has 1 aromatic heterocycles. The highest BCUT2D eigenvalue weighted by molar-refractivity contribution is 5.86. The SMILES string of the molecule is NC1(C(=O)NCc2cnc[nH]2)CCOCC1. The van der Waals surface area contributed by atoms with Crippen molar-refractivity contribution in [3.05, 3.63) is 18.2 Å². The lowest BCUT2D eigenvalue weighted by Gasteiger charge is -2.31. The first-order valence-corrected chi connectivity index (χ1v) is 5.33. The topological polar surface area (TPSA) is 93.0 Å². The van der Waals surface area contributed by atoms with Gasteiger partial charge in [0.1, 0.15) is 0 Å². The van der Waals surface area contributed by atoms with E-state index >= 15 is 0 Å². The Morgan fingerprint density at radius 3 is 3.00 bits per heavy atom. The molecule has 0 unspecified atom stereocenters. The number of hydrogen-bond donors (Lipinski definition) is 3. The zero-order valence-corrected chi connectivity index (χ0v) is 9.03. The second-order valence-corrected chi connectivity index (χ2v) is 4.03. The largest absolute Gasteiger partial charge is 0.381 e. The number of rotatable bonds is 3. The molecule has 2 rings (SSSR count). The first-order chi connectivity index (χ1) is 7.71. The molecule has 6 heteroatoms. The molecule has 4 N–H and O–H groups in total. The van der Waals surface area contributed by atoms with Gasteiger partial charge in [-0.3, -0.25) is 4.79 Å². The van der Waals surface area contributed by atoms with Crippen molar-refractivity contribution in [1.82, 2.24) is 15.3 Å². The second kappa shape index (κ2) is 4.63. The summed E-state index contributed by atoms with van der Waals surface area (Å²) in [4.78, 5) is 18.7. The van der Waals surface area contributed by atoms with Crippen LogP contribution in [0.2, 0.25) is 0 Å². The average molecular weight is 224 g/mol. The van der Waals surface area contributed by atoms with Gasteiger partial charge in [-0.2, -0.15) is 0 Å². The van der Waals surface area contributed by atoms with E-state index < -0.39 is 5.54 Å². The van der Waals surface area contributed by atoms with Gasteiger partial charge < -0.3 is 20.8 Å². The first-order valence-electron chi connectivity index (χ1n) is 5.33. The van der Waals surface area contributed by atoms with Crippen LogP contribution in [0.1, 0.15) is 18.5 Å². The van der Waals surface area contributed by atoms with Crippen LogP contribution in [0.15, 0.2) is 12.5 Å². The molecule has 1 aliphatic rings. The Balaban J connectivity index is 1.87. The van der Waals surface area contributed by atoms with Gasteiger partial charge in [-0.25, -0.2) is 4.98 Å². The van der Waals surface area contributed by atoms with Crippen molar-refractivity contribution in [3.8, 4) is 0 Å². The molecule has 0 spiro atoms. The van der Waals surface area contributed by atoms with E-state index in [-0.39, 0.29) is 5.91 Å². The molecule has 6 nitrogen and oxygen atoms in total. The van der Waals surface area contributed by atoms with Gasteiger partial charge >= 0.3 is 0 Å². The number of nitrogens with one attached hydrogen (secondary N) is 2. The normalized spacial score (nSPS) is 19.3. The van der Waals surface area contributed by atoms with E-state index in [4.69, 9.17) is 10.5 Å². The molecule has 1 fully saturated rings. The molecule has 0 bridgehead atoms. The number of aromatic amines is 1. The van der Waals surface area contributed by atoms with Crippen LogP contribution in [0.3, 0.4) is 0 Å². The van der Waals surface area contributed by atoms with Crippen molar-refractivity contribution in [3.63, 3.8) is 0 Å². The maximum Gasteiger partial charge on any atom is 0.240 e. The van der Waals surface area contributed by atoms with Gasteiger partial charge in [-0.15, -0.1) is 0 Å². The van der Waals surface area contributed by atoms with Gasteiger partial charge in [-0.1, -0.05) is 0 Å². The summed E-state index contributed by atoms with van der Waals surface area (Å²) in [5.74, 6) is -0.120. The van der Waals surface area contributed by atoms with Crippen LogP contribution < -0.4 is 11.1 Å². The Morgan fingerprint density at radius 1 is 1.62 bits per heavy atom. The van der Waals surface area contributed by atoms with Gasteiger partial charge in [0, 0.05) is 19.4 Å². The fraction of sp³-hybridized carbons (Fsp3) is 0.600. The minimum absolute atomic E-state index is 0.120. The number of H-pyrrole nitrogens is 1. The van der Waals surface area contributed by atoms with Crippen molar-refractivity contribution in [2.45, 2.75) is 24.9 Å². The highest BCUT2D eigenvalue weighted by Gasteiger charge is 2.35. The van der Waals surface area contributed by atoms with Gasteiger partial charge in [0.2, 0.25) is 5.91 Å². The lowest BCUT2D eigenvalue weighted by atomic mass is 9.90. The third-order valence-electron chi connectivity index (χ3n) is 2.83. The number of carbonyl (C=O) groups is 1.